The van der Waals surface area contributed by atoms with E-state index < -0.39 is 27.5 Å². The van der Waals surface area contributed by atoms with Crippen molar-refractivity contribution in [3.8, 4) is 0 Å². The molecule has 2 N–H and O–H groups in total. The maximum atomic E-state index is 12.5. The Hall–Kier alpha value is -0.830. The number of nitrogens with one attached hydrogen (secondary N) is 2. The maximum Gasteiger partial charge on any atom is 0.416 e. The van der Waals surface area contributed by atoms with Crippen LogP contribution in [-0.4, -0.2) is 28.1 Å². The van der Waals surface area contributed by atoms with Gasteiger partial charge in [-0.25, -0.2) is 13.1 Å². The molecule has 0 radical (unpaired) electrons. The van der Waals surface area contributed by atoms with Crippen molar-refractivity contribution in [3.63, 3.8) is 0 Å². The first-order chi connectivity index (χ1) is 9.24. The van der Waals surface area contributed by atoms with Gasteiger partial charge < -0.3 is 5.32 Å². The summed E-state index contributed by atoms with van der Waals surface area (Å²) in [6, 6.07) is 4.32. The predicted octanol–water partition coefficient (Wildman–Crippen LogP) is 2.16. The molecule has 1 rings (SSSR count). The van der Waals surface area contributed by atoms with Gasteiger partial charge in [-0.15, -0.1) is 12.4 Å². The molecule has 1 aromatic rings. The third kappa shape index (κ3) is 7.66. The number of sulfonamides is 1. The molecular formula is C12H18ClF3N2O2S. The summed E-state index contributed by atoms with van der Waals surface area (Å²) in [5.41, 5.74) is -0.742. The second kappa shape index (κ2) is 8.57. The molecule has 0 aliphatic rings. The standard InChI is InChI=1S/C12H17F3N2O2S.ClH/c1-2-16-6-7-17-20(18,19)9-10-4-3-5-11(8-10)12(13,14)15;/h3-5,8,16-17H,2,6-7,9H2,1H3;1H. The van der Waals surface area contributed by atoms with Gasteiger partial charge in [0.25, 0.3) is 0 Å². The molecular weight excluding hydrogens is 329 g/mol. The van der Waals surface area contributed by atoms with E-state index in [1.807, 2.05) is 6.92 Å². The van der Waals surface area contributed by atoms with Crippen LogP contribution >= 0.6 is 12.4 Å². The monoisotopic (exact) mass is 346 g/mol. The lowest BCUT2D eigenvalue weighted by molar-refractivity contribution is -0.137. The highest BCUT2D eigenvalue weighted by Crippen LogP contribution is 2.29. The fraction of sp³-hybridized carbons (Fsp3) is 0.500. The highest BCUT2D eigenvalue weighted by molar-refractivity contribution is 7.88. The molecule has 0 saturated heterocycles. The predicted molar refractivity (Wildman–Crippen MR) is 77.9 cm³/mol. The summed E-state index contributed by atoms with van der Waals surface area (Å²) in [4.78, 5) is 0. The molecule has 0 aliphatic carbocycles. The van der Waals surface area contributed by atoms with E-state index in [9.17, 15) is 21.6 Å². The van der Waals surface area contributed by atoms with Gasteiger partial charge in [0.15, 0.2) is 0 Å². The minimum Gasteiger partial charge on any atom is -0.316 e. The topological polar surface area (TPSA) is 58.2 Å². The number of hydrogen-bond acceptors (Lipinski definition) is 3. The molecule has 0 saturated carbocycles. The number of halogens is 4. The summed E-state index contributed by atoms with van der Waals surface area (Å²) in [6.45, 7) is 3.28. The van der Waals surface area contributed by atoms with Crippen molar-refractivity contribution in [2.24, 2.45) is 0 Å². The van der Waals surface area contributed by atoms with Crippen molar-refractivity contribution in [2.45, 2.75) is 18.9 Å². The zero-order valence-electron chi connectivity index (χ0n) is 11.4. The van der Waals surface area contributed by atoms with Gasteiger partial charge in [0.05, 0.1) is 11.3 Å². The van der Waals surface area contributed by atoms with Gasteiger partial charge in [0.2, 0.25) is 10.0 Å². The highest BCUT2D eigenvalue weighted by Gasteiger charge is 2.30. The fourth-order valence-electron chi connectivity index (χ4n) is 1.58. The van der Waals surface area contributed by atoms with Gasteiger partial charge in [-0.2, -0.15) is 13.2 Å². The van der Waals surface area contributed by atoms with Gasteiger partial charge in [-0.3, -0.25) is 0 Å². The molecule has 0 spiro atoms. The Morgan fingerprint density at radius 2 is 1.86 bits per heavy atom. The van der Waals surface area contributed by atoms with Gasteiger partial charge in [-0.05, 0) is 18.2 Å². The molecule has 9 heteroatoms. The van der Waals surface area contributed by atoms with E-state index in [2.05, 4.69) is 10.0 Å². The minimum atomic E-state index is -4.47. The summed E-state index contributed by atoms with van der Waals surface area (Å²) in [7, 11) is -3.63. The fourth-order valence-corrected chi connectivity index (χ4v) is 2.71. The molecule has 21 heavy (non-hydrogen) atoms. The zero-order valence-corrected chi connectivity index (χ0v) is 13.0. The quantitative estimate of drug-likeness (QED) is 0.744. The Morgan fingerprint density at radius 1 is 1.19 bits per heavy atom. The Balaban J connectivity index is 0.00000400. The molecule has 0 heterocycles. The van der Waals surface area contributed by atoms with E-state index in [1.54, 1.807) is 0 Å². The summed E-state index contributed by atoms with van der Waals surface area (Å²) in [5.74, 6) is -0.469. The SMILES string of the molecule is CCNCCNS(=O)(=O)Cc1cccc(C(F)(F)F)c1.Cl. The molecule has 0 fully saturated rings. The van der Waals surface area contributed by atoms with Crippen molar-refractivity contribution in [3.05, 3.63) is 35.4 Å². The normalized spacial score (nSPS) is 12.0. The van der Waals surface area contributed by atoms with Crippen LogP contribution in [0.5, 0.6) is 0 Å². The number of rotatable bonds is 7. The van der Waals surface area contributed by atoms with Crippen LogP contribution in [0.2, 0.25) is 0 Å². The third-order valence-electron chi connectivity index (χ3n) is 2.48. The van der Waals surface area contributed by atoms with Crippen LogP contribution in [0.3, 0.4) is 0 Å². The maximum absolute atomic E-state index is 12.5. The average molecular weight is 347 g/mol. The Morgan fingerprint density at radius 3 is 2.43 bits per heavy atom. The Kier molecular flexibility index (Phi) is 8.23. The zero-order chi connectivity index (χ0) is 15.2. The Labute approximate surface area is 128 Å². The first-order valence-electron chi connectivity index (χ1n) is 6.09. The number of likely N-dealkylation sites (N-methyl/N-ethyl adjacent to an activating group) is 1. The largest absolute Gasteiger partial charge is 0.416 e. The summed E-state index contributed by atoms with van der Waals surface area (Å²) < 4.78 is 63.3. The second-order valence-electron chi connectivity index (χ2n) is 4.21. The Bertz CT molecular complexity index is 536. The first-order valence-corrected chi connectivity index (χ1v) is 7.74. The van der Waals surface area contributed by atoms with Gasteiger partial charge >= 0.3 is 6.18 Å². The van der Waals surface area contributed by atoms with Crippen LogP contribution in [0, 0.1) is 0 Å². The molecule has 0 aliphatic heterocycles. The molecule has 0 atom stereocenters. The van der Waals surface area contributed by atoms with Crippen molar-refractivity contribution >= 4 is 22.4 Å². The van der Waals surface area contributed by atoms with Crippen molar-refractivity contribution in [1.82, 2.24) is 10.0 Å². The molecule has 122 valence electrons. The van der Waals surface area contributed by atoms with Crippen LogP contribution < -0.4 is 10.0 Å². The molecule has 0 aromatic heterocycles. The van der Waals surface area contributed by atoms with Crippen LogP contribution in [0.15, 0.2) is 24.3 Å². The van der Waals surface area contributed by atoms with E-state index in [-0.39, 0.29) is 24.5 Å². The van der Waals surface area contributed by atoms with Crippen LogP contribution in [0.4, 0.5) is 13.2 Å². The van der Waals surface area contributed by atoms with Crippen LogP contribution in [0.1, 0.15) is 18.1 Å². The minimum absolute atomic E-state index is 0. The van der Waals surface area contributed by atoms with E-state index >= 15 is 0 Å². The number of alkyl halides is 3. The lowest BCUT2D eigenvalue weighted by Crippen LogP contribution is -2.32. The second-order valence-corrected chi connectivity index (χ2v) is 6.01. The highest BCUT2D eigenvalue weighted by atomic mass is 35.5. The molecule has 0 unspecified atom stereocenters. The van der Waals surface area contributed by atoms with E-state index in [1.165, 1.54) is 12.1 Å². The van der Waals surface area contributed by atoms with Gasteiger partial charge in [0.1, 0.15) is 0 Å². The summed E-state index contributed by atoms with van der Waals surface area (Å²) in [6.07, 6.45) is -4.47. The molecule has 4 nitrogen and oxygen atoms in total. The number of benzene rings is 1. The van der Waals surface area contributed by atoms with Crippen LogP contribution in [-0.2, 0) is 22.0 Å². The lowest BCUT2D eigenvalue weighted by Gasteiger charge is -2.10. The van der Waals surface area contributed by atoms with Gasteiger partial charge in [-0.1, -0.05) is 25.1 Å². The molecule has 1 aromatic carbocycles. The van der Waals surface area contributed by atoms with E-state index in [0.29, 0.717) is 6.54 Å². The number of hydrogen-bond donors (Lipinski definition) is 2. The smallest absolute Gasteiger partial charge is 0.316 e. The molecule has 0 bridgehead atoms. The summed E-state index contributed by atoms with van der Waals surface area (Å²) >= 11 is 0. The van der Waals surface area contributed by atoms with Crippen LogP contribution in [0.25, 0.3) is 0 Å². The summed E-state index contributed by atoms with van der Waals surface area (Å²) in [5, 5.41) is 2.94. The molecule has 0 amide bonds. The van der Waals surface area contributed by atoms with Crippen molar-refractivity contribution < 1.29 is 21.6 Å². The lowest BCUT2D eigenvalue weighted by atomic mass is 10.1. The van der Waals surface area contributed by atoms with Crippen molar-refractivity contribution in [1.29, 1.82) is 0 Å². The van der Waals surface area contributed by atoms with E-state index in [0.717, 1.165) is 18.7 Å². The average Bonchev–Trinajstić information content (AvgIpc) is 2.33. The van der Waals surface area contributed by atoms with Crippen molar-refractivity contribution in [2.75, 3.05) is 19.6 Å². The van der Waals surface area contributed by atoms with E-state index in [4.69, 9.17) is 0 Å². The third-order valence-corrected chi connectivity index (χ3v) is 3.84. The first kappa shape index (κ1) is 20.2. The van der Waals surface area contributed by atoms with Gasteiger partial charge in [0, 0.05) is 13.1 Å².